The number of piperazine rings is 1. The average Bonchev–Trinajstić information content (AvgIpc) is 2.63. The van der Waals surface area contributed by atoms with Crippen molar-refractivity contribution < 1.29 is 9.59 Å². The van der Waals surface area contributed by atoms with Crippen molar-refractivity contribution >= 4 is 17.6 Å². The lowest BCUT2D eigenvalue weighted by atomic mass is 10.2. The summed E-state index contributed by atoms with van der Waals surface area (Å²) < 4.78 is 0. The number of nitrogens with one attached hydrogen (secondary N) is 2. The van der Waals surface area contributed by atoms with Gasteiger partial charge in [-0.25, -0.2) is 4.79 Å². The molecule has 1 aromatic carbocycles. The van der Waals surface area contributed by atoms with Crippen molar-refractivity contribution in [1.82, 2.24) is 15.1 Å². The van der Waals surface area contributed by atoms with Crippen LogP contribution in [0, 0.1) is 0 Å². The van der Waals surface area contributed by atoms with Crippen molar-refractivity contribution in [3.8, 4) is 0 Å². The Balaban J connectivity index is 1.62. The summed E-state index contributed by atoms with van der Waals surface area (Å²) in [7, 11) is 0. The Bertz CT molecular complexity index is 527. The Morgan fingerprint density at radius 1 is 1.00 bits per heavy atom. The van der Waals surface area contributed by atoms with Gasteiger partial charge in [-0.1, -0.05) is 44.4 Å². The average molecular weight is 346 g/mol. The highest BCUT2D eigenvalue weighted by Gasteiger charge is 2.22. The van der Waals surface area contributed by atoms with Crippen LogP contribution in [0.3, 0.4) is 0 Å². The van der Waals surface area contributed by atoms with Crippen molar-refractivity contribution in [1.29, 1.82) is 0 Å². The smallest absolute Gasteiger partial charge is 0.317 e. The normalized spacial score (nSPS) is 15.0. The summed E-state index contributed by atoms with van der Waals surface area (Å²) in [6, 6.07) is 9.49. The third-order valence-corrected chi connectivity index (χ3v) is 4.39. The molecule has 1 heterocycles. The van der Waals surface area contributed by atoms with Gasteiger partial charge in [-0.2, -0.15) is 0 Å². The minimum atomic E-state index is -0.0139. The van der Waals surface area contributed by atoms with Gasteiger partial charge in [0, 0.05) is 38.4 Å². The molecule has 0 spiro atoms. The number of carbonyl (C=O) groups excluding carboxylic acids is 2. The van der Waals surface area contributed by atoms with Crippen LogP contribution < -0.4 is 10.6 Å². The van der Waals surface area contributed by atoms with Gasteiger partial charge in [0.2, 0.25) is 5.91 Å². The molecule has 0 unspecified atom stereocenters. The highest BCUT2D eigenvalue weighted by Crippen LogP contribution is 2.06. The second kappa shape index (κ2) is 10.7. The topological polar surface area (TPSA) is 64.7 Å². The van der Waals surface area contributed by atoms with Crippen LogP contribution in [0.25, 0.3) is 0 Å². The van der Waals surface area contributed by atoms with Crippen LogP contribution in [0.4, 0.5) is 10.5 Å². The van der Waals surface area contributed by atoms with E-state index in [-0.39, 0.29) is 11.9 Å². The molecule has 1 fully saturated rings. The van der Waals surface area contributed by atoms with E-state index in [0.717, 1.165) is 31.7 Å². The van der Waals surface area contributed by atoms with E-state index < -0.39 is 0 Å². The van der Waals surface area contributed by atoms with E-state index in [4.69, 9.17) is 0 Å². The van der Waals surface area contributed by atoms with Crippen molar-refractivity contribution in [3.05, 3.63) is 30.3 Å². The molecule has 0 aromatic heterocycles. The van der Waals surface area contributed by atoms with E-state index >= 15 is 0 Å². The summed E-state index contributed by atoms with van der Waals surface area (Å²) >= 11 is 0. The number of rotatable bonds is 8. The van der Waals surface area contributed by atoms with Gasteiger partial charge in [-0.3, -0.25) is 9.69 Å². The fourth-order valence-corrected chi connectivity index (χ4v) is 2.89. The number of hydrogen-bond acceptors (Lipinski definition) is 3. The first-order chi connectivity index (χ1) is 12.2. The summed E-state index contributed by atoms with van der Waals surface area (Å²) in [6.45, 7) is 6.08. The second-order valence-corrected chi connectivity index (χ2v) is 6.47. The molecule has 1 aliphatic rings. The zero-order valence-corrected chi connectivity index (χ0v) is 15.2. The second-order valence-electron chi connectivity index (χ2n) is 6.47. The summed E-state index contributed by atoms with van der Waals surface area (Å²) in [6.07, 6.45) is 4.63. The van der Waals surface area contributed by atoms with Crippen LogP contribution in [0.5, 0.6) is 0 Å². The van der Waals surface area contributed by atoms with Crippen LogP contribution in [0.2, 0.25) is 0 Å². The van der Waals surface area contributed by atoms with Gasteiger partial charge < -0.3 is 15.5 Å². The molecule has 1 aromatic rings. The molecule has 0 aliphatic carbocycles. The highest BCUT2D eigenvalue weighted by molar-refractivity contribution is 5.92. The maximum atomic E-state index is 12.1. The number of urea groups is 1. The SMILES string of the molecule is CCCCCCNC(=O)N1CCN(CC(=O)Nc2ccccc2)CC1. The molecular weight excluding hydrogens is 316 g/mol. The van der Waals surface area contributed by atoms with Crippen LogP contribution in [0.15, 0.2) is 30.3 Å². The molecule has 25 heavy (non-hydrogen) atoms. The molecule has 1 aliphatic heterocycles. The number of nitrogens with zero attached hydrogens (tertiary/aromatic N) is 2. The molecule has 3 amide bonds. The number of carbonyl (C=O) groups is 2. The zero-order chi connectivity index (χ0) is 17.9. The fraction of sp³-hybridized carbons (Fsp3) is 0.579. The summed E-state index contributed by atoms with van der Waals surface area (Å²) in [5.41, 5.74) is 0.814. The van der Waals surface area contributed by atoms with Gasteiger partial charge in [0.1, 0.15) is 0 Å². The molecule has 2 N–H and O–H groups in total. The molecular formula is C19H30N4O2. The van der Waals surface area contributed by atoms with Gasteiger partial charge in [0.15, 0.2) is 0 Å². The van der Waals surface area contributed by atoms with Gasteiger partial charge in [-0.05, 0) is 18.6 Å². The molecule has 0 saturated carbocycles. The number of anilines is 1. The Morgan fingerprint density at radius 2 is 1.72 bits per heavy atom. The number of para-hydroxylation sites is 1. The molecule has 2 rings (SSSR count). The quantitative estimate of drug-likeness (QED) is 0.711. The van der Waals surface area contributed by atoms with Crippen molar-refractivity contribution in [2.24, 2.45) is 0 Å². The number of unbranched alkanes of at least 4 members (excludes halogenated alkanes) is 3. The van der Waals surface area contributed by atoms with E-state index in [9.17, 15) is 9.59 Å². The van der Waals surface area contributed by atoms with E-state index in [2.05, 4.69) is 22.5 Å². The first-order valence-electron chi connectivity index (χ1n) is 9.29. The minimum Gasteiger partial charge on any atom is -0.338 e. The minimum absolute atomic E-state index is 0.0139. The third-order valence-electron chi connectivity index (χ3n) is 4.39. The molecule has 1 saturated heterocycles. The monoisotopic (exact) mass is 346 g/mol. The lowest BCUT2D eigenvalue weighted by molar-refractivity contribution is -0.117. The molecule has 6 heteroatoms. The van der Waals surface area contributed by atoms with Gasteiger partial charge in [0.05, 0.1) is 6.54 Å². The first-order valence-corrected chi connectivity index (χ1v) is 9.29. The summed E-state index contributed by atoms with van der Waals surface area (Å²) in [5.74, 6) is -0.0139. The lowest BCUT2D eigenvalue weighted by Crippen LogP contribution is -2.53. The Kier molecular flexibility index (Phi) is 8.25. The number of benzene rings is 1. The Labute approximate surface area is 150 Å². The lowest BCUT2D eigenvalue weighted by Gasteiger charge is -2.34. The number of amides is 3. The molecule has 138 valence electrons. The fourth-order valence-electron chi connectivity index (χ4n) is 2.89. The maximum Gasteiger partial charge on any atom is 0.317 e. The molecule has 0 bridgehead atoms. The highest BCUT2D eigenvalue weighted by atomic mass is 16.2. The van der Waals surface area contributed by atoms with Crippen LogP contribution >= 0.6 is 0 Å². The first kappa shape index (κ1) is 19.2. The molecule has 0 atom stereocenters. The van der Waals surface area contributed by atoms with Crippen molar-refractivity contribution in [2.45, 2.75) is 32.6 Å². The van der Waals surface area contributed by atoms with E-state index in [0.29, 0.717) is 19.6 Å². The predicted octanol–water partition coefficient (Wildman–Crippen LogP) is 2.53. The van der Waals surface area contributed by atoms with E-state index in [1.807, 2.05) is 35.2 Å². The van der Waals surface area contributed by atoms with Gasteiger partial charge in [-0.15, -0.1) is 0 Å². The van der Waals surface area contributed by atoms with Crippen LogP contribution in [0.1, 0.15) is 32.6 Å². The van der Waals surface area contributed by atoms with E-state index in [1.54, 1.807) is 0 Å². The zero-order valence-electron chi connectivity index (χ0n) is 15.2. The molecule has 6 nitrogen and oxygen atoms in total. The van der Waals surface area contributed by atoms with Gasteiger partial charge in [0.25, 0.3) is 0 Å². The van der Waals surface area contributed by atoms with Gasteiger partial charge >= 0.3 is 6.03 Å². The van der Waals surface area contributed by atoms with Crippen LogP contribution in [-0.4, -0.2) is 61.0 Å². The van der Waals surface area contributed by atoms with Crippen molar-refractivity contribution in [2.75, 3.05) is 44.6 Å². The summed E-state index contributed by atoms with van der Waals surface area (Å²) in [5, 5.41) is 5.88. The van der Waals surface area contributed by atoms with E-state index in [1.165, 1.54) is 19.3 Å². The Morgan fingerprint density at radius 3 is 2.40 bits per heavy atom. The number of hydrogen-bond donors (Lipinski definition) is 2. The van der Waals surface area contributed by atoms with Crippen LogP contribution in [-0.2, 0) is 4.79 Å². The summed E-state index contributed by atoms with van der Waals surface area (Å²) in [4.78, 5) is 28.1. The predicted molar refractivity (Wildman–Crippen MR) is 101 cm³/mol. The Hall–Kier alpha value is -2.08. The largest absolute Gasteiger partial charge is 0.338 e. The molecule has 0 radical (unpaired) electrons. The maximum absolute atomic E-state index is 12.1. The third kappa shape index (κ3) is 7.13. The standard InChI is InChI=1S/C19H30N4O2/c1-2-3-4-8-11-20-19(25)23-14-12-22(13-15-23)16-18(24)21-17-9-6-5-7-10-17/h5-7,9-10H,2-4,8,11-16H2,1H3,(H,20,25)(H,21,24). The van der Waals surface area contributed by atoms with Crippen molar-refractivity contribution in [3.63, 3.8) is 0 Å².